The molecule has 4 nitrogen and oxygen atoms in total. The summed E-state index contributed by atoms with van der Waals surface area (Å²) in [6, 6.07) is 0. The number of hydrogen-bond acceptors (Lipinski definition) is 2. The van der Waals surface area contributed by atoms with Crippen LogP contribution in [-0.4, -0.2) is 28.7 Å². The van der Waals surface area contributed by atoms with Crippen LogP contribution in [0, 0.1) is 0 Å². The molecule has 78 valence electrons. The Bertz CT molecular complexity index is 344. The van der Waals surface area contributed by atoms with Gasteiger partial charge in [-0.15, -0.1) is 0 Å². The van der Waals surface area contributed by atoms with Crippen molar-refractivity contribution < 1.29 is 18.0 Å². The second-order valence-electron chi connectivity index (χ2n) is 2.72. The zero-order valence-electron chi connectivity index (χ0n) is 7.54. The number of aryl methyl sites for hydroxylation is 1. The Morgan fingerprint density at radius 1 is 1.57 bits per heavy atom. The van der Waals surface area contributed by atoms with Crippen molar-refractivity contribution in [2.24, 2.45) is 7.05 Å². The molecule has 0 saturated heterocycles. The Balaban J connectivity index is 2.92. The molecule has 0 aliphatic rings. The van der Waals surface area contributed by atoms with E-state index in [1.807, 2.05) is 0 Å². The number of nitrogens with zero attached hydrogens (tertiary/aromatic N) is 3. The summed E-state index contributed by atoms with van der Waals surface area (Å²) in [5.41, 5.74) is 0. The number of carbonyl (C=O) groups excluding carboxylic acids is 1. The largest absolute Gasteiger partial charge is 0.471 e. The van der Waals surface area contributed by atoms with Gasteiger partial charge in [0.15, 0.2) is 0 Å². The molecule has 0 unspecified atom stereocenters. The highest BCUT2D eigenvalue weighted by Crippen LogP contribution is 2.21. The zero-order valence-corrected chi connectivity index (χ0v) is 7.54. The van der Waals surface area contributed by atoms with Crippen LogP contribution in [0.1, 0.15) is 0 Å². The van der Waals surface area contributed by atoms with Crippen molar-refractivity contribution in [2.45, 2.75) is 6.18 Å². The standard InChI is InChI=1S/C7H8F3N3O/c1-12-4-11-3-5(12)13(2)6(14)7(8,9)10/h3-4H,1-2H3. The highest BCUT2D eigenvalue weighted by molar-refractivity contribution is 5.95. The second kappa shape index (κ2) is 3.32. The van der Waals surface area contributed by atoms with Gasteiger partial charge in [0.05, 0.1) is 12.5 Å². The maximum atomic E-state index is 12.0. The molecule has 1 aromatic rings. The van der Waals surface area contributed by atoms with Gasteiger partial charge in [-0.3, -0.25) is 9.69 Å². The van der Waals surface area contributed by atoms with E-state index >= 15 is 0 Å². The molecule has 1 aromatic heterocycles. The number of alkyl halides is 3. The third-order valence-corrected chi connectivity index (χ3v) is 1.68. The molecule has 1 rings (SSSR count). The van der Waals surface area contributed by atoms with Crippen LogP contribution >= 0.6 is 0 Å². The van der Waals surface area contributed by atoms with Gasteiger partial charge in [-0.2, -0.15) is 13.2 Å². The summed E-state index contributed by atoms with van der Waals surface area (Å²) >= 11 is 0. The van der Waals surface area contributed by atoms with Crippen LogP contribution < -0.4 is 4.90 Å². The highest BCUT2D eigenvalue weighted by atomic mass is 19.4. The molecule has 0 fully saturated rings. The van der Waals surface area contributed by atoms with Gasteiger partial charge in [0.1, 0.15) is 5.82 Å². The molecule has 7 heteroatoms. The summed E-state index contributed by atoms with van der Waals surface area (Å²) in [5.74, 6) is -1.83. The van der Waals surface area contributed by atoms with E-state index in [-0.39, 0.29) is 5.82 Å². The second-order valence-corrected chi connectivity index (χ2v) is 2.72. The minimum Gasteiger partial charge on any atom is -0.320 e. The normalized spacial score (nSPS) is 11.5. The highest BCUT2D eigenvalue weighted by Gasteiger charge is 2.42. The lowest BCUT2D eigenvalue weighted by Gasteiger charge is -2.18. The summed E-state index contributed by atoms with van der Waals surface area (Å²) in [5, 5.41) is 0. The fourth-order valence-corrected chi connectivity index (χ4v) is 0.968. The van der Waals surface area contributed by atoms with Crippen LogP contribution in [0.15, 0.2) is 12.5 Å². The van der Waals surface area contributed by atoms with E-state index in [9.17, 15) is 18.0 Å². The minimum atomic E-state index is -4.86. The van der Waals surface area contributed by atoms with Crippen molar-refractivity contribution in [2.75, 3.05) is 11.9 Å². The number of hydrogen-bond donors (Lipinski definition) is 0. The molecule has 0 N–H and O–H groups in total. The molecule has 1 amide bonds. The predicted molar refractivity (Wildman–Crippen MR) is 42.7 cm³/mol. The van der Waals surface area contributed by atoms with Gasteiger partial charge in [0, 0.05) is 14.1 Å². The van der Waals surface area contributed by atoms with E-state index in [0.29, 0.717) is 4.90 Å². The first-order valence-corrected chi connectivity index (χ1v) is 3.65. The zero-order chi connectivity index (χ0) is 10.9. The summed E-state index contributed by atoms with van der Waals surface area (Å²) < 4.78 is 37.3. The number of rotatable bonds is 1. The van der Waals surface area contributed by atoms with Crippen molar-refractivity contribution in [1.82, 2.24) is 9.55 Å². The van der Waals surface area contributed by atoms with Crippen LogP contribution in [0.3, 0.4) is 0 Å². The summed E-state index contributed by atoms with van der Waals surface area (Å²) in [6.07, 6.45) is -2.36. The average molecular weight is 207 g/mol. The van der Waals surface area contributed by atoms with Crippen molar-refractivity contribution >= 4 is 11.7 Å². The van der Waals surface area contributed by atoms with E-state index in [2.05, 4.69) is 4.98 Å². The molecule has 0 aliphatic heterocycles. The molecule has 0 radical (unpaired) electrons. The van der Waals surface area contributed by atoms with Crippen LogP contribution in [0.5, 0.6) is 0 Å². The third-order valence-electron chi connectivity index (χ3n) is 1.68. The number of carbonyl (C=O) groups is 1. The fraction of sp³-hybridized carbons (Fsp3) is 0.429. The molecular weight excluding hydrogens is 199 g/mol. The SMILES string of the molecule is CN(C(=O)C(F)(F)F)c1cncn1C. The number of anilines is 1. The molecule has 0 aliphatic carbocycles. The van der Waals surface area contributed by atoms with Crippen molar-refractivity contribution in [1.29, 1.82) is 0 Å². The van der Waals surface area contributed by atoms with Crippen molar-refractivity contribution in [3.05, 3.63) is 12.5 Å². The molecule has 14 heavy (non-hydrogen) atoms. The maximum Gasteiger partial charge on any atom is 0.471 e. The molecule has 0 aromatic carbocycles. The number of amides is 1. The first kappa shape index (κ1) is 10.6. The minimum absolute atomic E-state index is 0.0901. The average Bonchev–Trinajstić information content (AvgIpc) is 2.47. The Morgan fingerprint density at radius 2 is 2.14 bits per heavy atom. The molecule has 1 heterocycles. The van der Waals surface area contributed by atoms with E-state index < -0.39 is 12.1 Å². The molecular formula is C7H8F3N3O. The van der Waals surface area contributed by atoms with Gasteiger partial charge in [-0.25, -0.2) is 4.98 Å². The number of aromatic nitrogens is 2. The number of imidazole rings is 1. The predicted octanol–water partition coefficient (Wildman–Crippen LogP) is 0.945. The Morgan fingerprint density at radius 3 is 2.50 bits per heavy atom. The van der Waals surface area contributed by atoms with Gasteiger partial charge in [0.2, 0.25) is 0 Å². The lowest BCUT2D eigenvalue weighted by atomic mass is 10.5. The Kier molecular flexibility index (Phi) is 2.50. The summed E-state index contributed by atoms with van der Waals surface area (Å²) in [7, 11) is 2.55. The quantitative estimate of drug-likeness (QED) is 0.687. The Labute approximate surface area is 77.9 Å². The summed E-state index contributed by atoms with van der Waals surface area (Å²) in [4.78, 5) is 14.9. The van der Waals surface area contributed by atoms with Crippen LogP contribution in [0.25, 0.3) is 0 Å². The van der Waals surface area contributed by atoms with Gasteiger partial charge < -0.3 is 4.57 Å². The number of halogens is 3. The molecule has 0 bridgehead atoms. The molecule has 0 saturated carbocycles. The van der Waals surface area contributed by atoms with Crippen molar-refractivity contribution in [3.63, 3.8) is 0 Å². The van der Waals surface area contributed by atoms with Crippen LogP contribution in [0.4, 0.5) is 19.0 Å². The fourth-order valence-electron chi connectivity index (χ4n) is 0.968. The van der Waals surface area contributed by atoms with Gasteiger partial charge >= 0.3 is 12.1 Å². The van der Waals surface area contributed by atoms with Crippen LogP contribution in [-0.2, 0) is 11.8 Å². The summed E-state index contributed by atoms with van der Waals surface area (Å²) in [6.45, 7) is 0. The third kappa shape index (κ3) is 1.86. The lowest BCUT2D eigenvalue weighted by Crippen LogP contribution is -2.39. The molecule has 0 spiro atoms. The Hall–Kier alpha value is -1.53. The van der Waals surface area contributed by atoms with E-state index in [0.717, 1.165) is 7.05 Å². The monoisotopic (exact) mass is 207 g/mol. The topological polar surface area (TPSA) is 38.1 Å². The maximum absolute atomic E-state index is 12.0. The van der Waals surface area contributed by atoms with E-state index in [1.54, 1.807) is 0 Å². The van der Waals surface area contributed by atoms with E-state index in [4.69, 9.17) is 0 Å². The van der Waals surface area contributed by atoms with Gasteiger partial charge in [0.25, 0.3) is 0 Å². The van der Waals surface area contributed by atoms with Crippen LogP contribution in [0.2, 0.25) is 0 Å². The van der Waals surface area contributed by atoms with Gasteiger partial charge in [-0.1, -0.05) is 0 Å². The first-order chi connectivity index (χ1) is 6.34. The molecule has 0 atom stereocenters. The van der Waals surface area contributed by atoms with Crippen molar-refractivity contribution in [3.8, 4) is 0 Å². The van der Waals surface area contributed by atoms with E-state index in [1.165, 1.54) is 24.1 Å². The van der Waals surface area contributed by atoms with Gasteiger partial charge in [-0.05, 0) is 0 Å². The lowest BCUT2D eigenvalue weighted by molar-refractivity contribution is -0.170. The smallest absolute Gasteiger partial charge is 0.320 e. The first-order valence-electron chi connectivity index (χ1n) is 3.65.